The Labute approximate surface area is 149 Å². The zero-order valence-electron chi connectivity index (χ0n) is 16.3. The molecule has 0 saturated heterocycles. The molecule has 1 rings (SSSR count). The van der Waals surface area contributed by atoms with Gasteiger partial charge in [-0.15, -0.1) is 0 Å². The number of phenols is 2. The van der Waals surface area contributed by atoms with Gasteiger partial charge in [0.15, 0.2) is 11.5 Å². The second-order valence-corrected chi connectivity index (χ2v) is 7.44. The normalized spacial score (nSPS) is 13.8. The van der Waals surface area contributed by atoms with E-state index in [-0.39, 0.29) is 11.5 Å². The number of hydrogen-bond acceptors (Lipinski definition) is 2. The van der Waals surface area contributed by atoms with Crippen LogP contribution in [-0.4, -0.2) is 10.2 Å². The minimum absolute atomic E-state index is 0.107. The van der Waals surface area contributed by atoms with Crippen molar-refractivity contribution in [2.75, 3.05) is 0 Å². The molecule has 2 N–H and O–H groups in total. The van der Waals surface area contributed by atoms with Crippen LogP contribution in [0.3, 0.4) is 0 Å². The Morgan fingerprint density at radius 3 is 1.38 bits per heavy atom. The molecule has 0 aliphatic carbocycles. The Balaban J connectivity index is 2.67. The SMILES string of the molecule is CCCCCCC(C)c1ccc(C(C)CCCCCC)c(O)c1O. The van der Waals surface area contributed by atoms with Crippen molar-refractivity contribution in [1.29, 1.82) is 0 Å². The van der Waals surface area contributed by atoms with Crippen molar-refractivity contribution in [1.82, 2.24) is 0 Å². The summed E-state index contributed by atoms with van der Waals surface area (Å²) in [7, 11) is 0. The van der Waals surface area contributed by atoms with E-state index in [0.717, 1.165) is 24.0 Å². The molecule has 0 aromatic heterocycles. The number of aromatic hydroxyl groups is 2. The summed E-state index contributed by atoms with van der Waals surface area (Å²) in [6.07, 6.45) is 12.0. The molecule has 1 aromatic carbocycles. The van der Waals surface area contributed by atoms with Crippen molar-refractivity contribution in [2.45, 2.75) is 104 Å². The Hall–Kier alpha value is -1.18. The molecule has 0 spiro atoms. The summed E-state index contributed by atoms with van der Waals surface area (Å²) in [5, 5.41) is 20.9. The van der Waals surface area contributed by atoms with Crippen molar-refractivity contribution in [3.8, 4) is 11.5 Å². The minimum Gasteiger partial charge on any atom is -0.504 e. The van der Waals surface area contributed by atoms with Crippen molar-refractivity contribution >= 4 is 0 Å². The van der Waals surface area contributed by atoms with Crippen LogP contribution in [0.2, 0.25) is 0 Å². The summed E-state index contributed by atoms with van der Waals surface area (Å²) in [5.41, 5.74) is 1.79. The quantitative estimate of drug-likeness (QED) is 0.312. The molecule has 0 fully saturated rings. The fourth-order valence-electron chi connectivity index (χ4n) is 3.47. The van der Waals surface area contributed by atoms with Crippen LogP contribution in [0.5, 0.6) is 11.5 Å². The third-order valence-electron chi connectivity index (χ3n) is 5.26. The average Bonchev–Trinajstić information content (AvgIpc) is 2.57. The first kappa shape index (κ1) is 20.9. The van der Waals surface area contributed by atoms with Gasteiger partial charge in [0.1, 0.15) is 0 Å². The number of rotatable bonds is 12. The van der Waals surface area contributed by atoms with Gasteiger partial charge in [0.25, 0.3) is 0 Å². The molecule has 2 atom stereocenters. The lowest BCUT2D eigenvalue weighted by Crippen LogP contribution is -1.99. The molecule has 0 radical (unpaired) electrons. The summed E-state index contributed by atoms with van der Waals surface area (Å²) in [4.78, 5) is 0. The topological polar surface area (TPSA) is 40.5 Å². The lowest BCUT2D eigenvalue weighted by atomic mass is 9.88. The highest BCUT2D eigenvalue weighted by Crippen LogP contribution is 2.41. The van der Waals surface area contributed by atoms with Crippen LogP contribution in [0.1, 0.15) is 115 Å². The summed E-state index contributed by atoms with van der Waals surface area (Å²) >= 11 is 0. The fraction of sp³-hybridized carbons (Fsp3) is 0.727. The molecule has 0 aliphatic rings. The van der Waals surface area contributed by atoms with Gasteiger partial charge in [0.05, 0.1) is 0 Å². The van der Waals surface area contributed by atoms with Crippen molar-refractivity contribution < 1.29 is 10.2 Å². The monoisotopic (exact) mass is 334 g/mol. The molecular weight excluding hydrogens is 296 g/mol. The molecule has 0 bridgehead atoms. The molecule has 24 heavy (non-hydrogen) atoms. The fourth-order valence-corrected chi connectivity index (χ4v) is 3.47. The van der Waals surface area contributed by atoms with Gasteiger partial charge >= 0.3 is 0 Å². The molecule has 2 heteroatoms. The summed E-state index contributed by atoms with van der Waals surface area (Å²) < 4.78 is 0. The Morgan fingerprint density at radius 2 is 1.04 bits per heavy atom. The van der Waals surface area contributed by atoms with E-state index in [9.17, 15) is 10.2 Å². The van der Waals surface area contributed by atoms with E-state index in [4.69, 9.17) is 0 Å². The van der Waals surface area contributed by atoms with Crippen LogP contribution in [0.15, 0.2) is 12.1 Å². The lowest BCUT2D eigenvalue weighted by Gasteiger charge is -2.19. The number of unbranched alkanes of at least 4 members (excludes halogenated alkanes) is 6. The van der Waals surface area contributed by atoms with E-state index in [1.807, 2.05) is 12.1 Å². The van der Waals surface area contributed by atoms with Crippen LogP contribution in [0, 0.1) is 0 Å². The first-order valence-corrected chi connectivity index (χ1v) is 10.1. The van der Waals surface area contributed by atoms with E-state index in [1.54, 1.807) is 0 Å². The van der Waals surface area contributed by atoms with E-state index in [0.29, 0.717) is 11.8 Å². The predicted molar refractivity (Wildman–Crippen MR) is 104 cm³/mol. The second-order valence-electron chi connectivity index (χ2n) is 7.44. The maximum absolute atomic E-state index is 10.5. The van der Waals surface area contributed by atoms with Gasteiger partial charge < -0.3 is 10.2 Å². The molecule has 0 aliphatic heterocycles. The second kappa shape index (κ2) is 11.4. The smallest absolute Gasteiger partial charge is 0.161 e. The lowest BCUT2D eigenvalue weighted by molar-refractivity contribution is 0.386. The highest BCUT2D eigenvalue weighted by Gasteiger charge is 2.19. The van der Waals surface area contributed by atoms with Gasteiger partial charge in [-0.25, -0.2) is 0 Å². The molecular formula is C22H38O2. The van der Waals surface area contributed by atoms with Gasteiger partial charge in [0.2, 0.25) is 0 Å². The van der Waals surface area contributed by atoms with Crippen molar-refractivity contribution in [3.63, 3.8) is 0 Å². The zero-order chi connectivity index (χ0) is 17.9. The molecule has 0 heterocycles. The molecule has 2 nitrogen and oxygen atoms in total. The van der Waals surface area contributed by atoms with E-state index < -0.39 is 0 Å². The van der Waals surface area contributed by atoms with Gasteiger partial charge in [-0.2, -0.15) is 0 Å². The van der Waals surface area contributed by atoms with Gasteiger partial charge in [-0.05, 0) is 24.7 Å². The van der Waals surface area contributed by atoms with Gasteiger partial charge in [-0.1, -0.05) is 91.2 Å². The molecule has 0 saturated carbocycles. The molecule has 0 amide bonds. The first-order chi connectivity index (χ1) is 11.5. The number of phenolic OH excluding ortho intramolecular Hbond substituents is 2. The Bertz CT molecular complexity index is 424. The highest BCUT2D eigenvalue weighted by molar-refractivity contribution is 5.52. The van der Waals surface area contributed by atoms with Crippen LogP contribution >= 0.6 is 0 Å². The predicted octanol–water partition coefficient (Wildman–Crippen LogP) is 7.25. The summed E-state index contributed by atoms with van der Waals surface area (Å²) in [6.45, 7) is 8.73. The van der Waals surface area contributed by atoms with Gasteiger partial charge in [-0.3, -0.25) is 0 Å². The average molecular weight is 335 g/mol. The van der Waals surface area contributed by atoms with Crippen LogP contribution in [0.4, 0.5) is 0 Å². The standard InChI is InChI=1S/C22H38O2/c1-5-7-9-11-13-17(3)19-15-16-20(22(24)21(19)23)18(4)14-12-10-8-6-2/h15-18,23-24H,5-14H2,1-4H3. The number of benzene rings is 1. The molecule has 2 unspecified atom stereocenters. The maximum atomic E-state index is 10.5. The Kier molecular flexibility index (Phi) is 9.90. The van der Waals surface area contributed by atoms with E-state index in [1.165, 1.54) is 51.4 Å². The summed E-state index contributed by atoms with van der Waals surface area (Å²) in [5.74, 6) is 0.801. The van der Waals surface area contributed by atoms with Crippen LogP contribution in [-0.2, 0) is 0 Å². The van der Waals surface area contributed by atoms with E-state index >= 15 is 0 Å². The summed E-state index contributed by atoms with van der Waals surface area (Å²) in [6, 6.07) is 4.05. The van der Waals surface area contributed by atoms with Crippen LogP contribution in [0.25, 0.3) is 0 Å². The minimum atomic E-state index is 0.107. The number of hydrogen-bond donors (Lipinski definition) is 2. The third-order valence-corrected chi connectivity index (χ3v) is 5.26. The van der Waals surface area contributed by atoms with E-state index in [2.05, 4.69) is 27.7 Å². The molecule has 1 aromatic rings. The van der Waals surface area contributed by atoms with Crippen LogP contribution < -0.4 is 0 Å². The van der Waals surface area contributed by atoms with Crippen molar-refractivity contribution in [2.24, 2.45) is 0 Å². The van der Waals surface area contributed by atoms with Gasteiger partial charge in [0, 0.05) is 11.1 Å². The zero-order valence-corrected chi connectivity index (χ0v) is 16.3. The molecule has 138 valence electrons. The maximum Gasteiger partial charge on any atom is 0.161 e. The van der Waals surface area contributed by atoms with Crippen molar-refractivity contribution in [3.05, 3.63) is 23.3 Å². The highest BCUT2D eigenvalue weighted by atomic mass is 16.3. The Morgan fingerprint density at radius 1 is 0.667 bits per heavy atom. The third kappa shape index (κ3) is 6.37. The largest absolute Gasteiger partial charge is 0.504 e. The first-order valence-electron chi connectivity index (χ1n) is 10.1.